The van der Waals surface area contributed by atoms with Crippen LogP contribution in [-0.2, 0) is 11.2 Å². The van der Waals surface area contributed by atoms with Crippen molar-refractivity contribution in [1.82, 2.24) is 15.6 Å². The zero-order valence-electron chi connectivity index (χ0n) is 14.7. The SMILES string of the molecule is Cc1nc(-c2ccc(CCNC(=O)CC3CSCCN3)cc2)cs1.Cl.Cl. The van der Waals surface area contributed by atoms with Crippen molar-refractivity contribution in [2.24, 2.45) is 0 Å². The van der Waals surface area contributed by atoms with Crippen LogP contribution in [0.2, 0.25) is 0 Å². The zero-order valence-corrected chi connectivity index (χ0v) is 18.0. The maximum atomic E-state index is 12.0. The van der Waals surface area contributed by atoms with E-state index in [0.717, 1.165) is 40.7 Å². The van der Waals surface area contributed by atoms with Crippen LogP contribution >= 0.6 is 47.9 Å². The summed E-state index contributed by atoms with van der Waals surface area (Å²) in [5, 5.41) is 9.60. The van der Waals surface area contributed by atoms with Gasteiger partial charge in [0.15, 0.2) is 0 Å². The number of thiazole rings is 1. The van der Waals surface area contributed by atoms with E-state index >= 15 is 0 Å². The van der Waals surface area contributed by atoms with E-state index < -0.39 is 0 Å². The van der Waals surface area contributed by atoms with Crippen molar-refractivity contribution >= 4 is 53.8 Å². The molecule has 0 bridgehead atoms. The molecule has 1 aromatic carbocycles. The lowest BCUT2D eigenvalue weighted by Gasteiger charge is -2.22. The van der Waals surface area contributed by atoms with Crippen LogP contribution < -0.4 is 10.6 Å². The lowest BCUT2D eigenvalue weighted by atomic mass is 10.1. The summed E-state index contributed by atoms with van der Waals surface area (Å²) in [4.78, 5) is 16.5. The molecule has 1 atom stereocenters. The van der Waals surface area contributed by atoms with Crippen LogP contribution in [0.15, 0.2) is 29.6 Å². The molecule has 1 saturated heterocycles. The minimum Gasteiger partial charge on any atom is -0.356 e. The van der Waals surface area contributed by atoms with E-state index in [1.807, 2.05) is 18.7 Å². The molecule has 0 aliphatic carbocycles. The number of hydrogen-bond donors (Lipinski definition) is 2. The molecule has 144 valence electrons. The fraction of sp³-hybridized carbons (Fsp3) is 0.444. The number of carbonyl (C=O) groups is 1. The summed E-state index contributed by atoms with van der Waals surface area (Å²) in [6, 6.07) is 8.78. The van der Waals surface area contributed by atoms with Crippen molar-refractivity contribution in [3.05, 3.63) is 40.2 Å². The fourth-order valence-corrected chi connectivity index (χ4v) is 4.30. The molecule has 1 aliphatic heterocycles. The highest BCUT2D eigenvalue weighted by Crippen LogP contribution is 2.21. The molecule has 1 fully saturated rings. The van der Waals surface area contributed by atoms with Gasteiger partial charge < -0.3 is 10.6 Å². The third kappa shape index (κ3) is 7.08. The molecule has 2 heterocycles. The van der Waals surface area contributed by atoms with Gasteiger partial charge in [0.1, 0.15) is 0 Å². The number of aromatic nitrogens is 1. The van der Waals surface area contributed by atoms with E-state index in [4.69, 9.17) is 0 Å². The van der Waals surface area contributed by atoms with Gasteiger partial charge in [-0.3, -0.25) is 4.79 Å². The maximum Gasteiger partial charge on any atom is 0.221 e. The Hall–Kier alpha value is -0.790. The lowest BCUT2D eigenvalue weighted by molar-refractivity contribution is -0.121. The van der Waals surface area contributed by atoms with Crippen molar-refractivity contribution < 1.29 is 4.79 Å². The van der Waals surface area contributed by atoms with Crippen LogP contribution in [0.3, 0.4) is 0 Å². The second-order valence-corrected chi connectivity index (χ2v) is 8.19. The zero-order chi connectivity index (χ0) is 16.8. The summed E-state index contributed by atoms with van der Waals surface area (Å²) in [5.41, 5.74) is 3.42. The number of amides is 1. The standard InChI is InChI=1S/C18H23N3OS2.2ClH/c1-13-21-17(12-24-13)15-4-2-14(3-5-15)6-7-20-18(22)10-16-11-23-9-8-19-16;;/h2-5,12,16,19H,6-11H2,1H3,(H,20,22);2*1H. The number of nitrogens with zero attached hydrogens (tertiary/aromatic N) is 1. The third-order valence-corrected chi connectivity index (χ3v) is 5.94. The molecular weight excluding hydrogens is 409 g/mol. The van der Waals surface area contributed by atoms with E-state index in [-0.39, 0.29) is 30.7 Å². The molecule has 8 heteroatoms. The predicted octanol–water partition coefficient (Wildman–Crippen LogP) is 3.72. The summed E-state index contributed by atoms with van der Waals surface area (Å²) in [7, 11) is 0. The largest absolute Gasteiger partial charge is 0.356 e. The molecule has 1 amide bonds. The Labute approximate surface area is 175 Å². The first-order chi connectivity index (χ1) is 11.7. The molecule has 1 unspecified atom stereocenters. The minimum absolute atomic E-state index is 0. The second kappa shape index (κ2) is 11.8. The summed E-state index contributed by atoms with van der Waals surface area (Å²) >= 11 is 3.59. The van der Waals surface area contributed by atoms with Crippen LogP contribution in [0, 0.1) is 6.92 Å². The van der Waals surface area contributed by atoms with Gasteiger partial charge in [0.05, 0.1) is 10.7 Å². The van der Waals surface area contributed by atoms with Gasteiger partial charge in [0.25, 0.3) is 0 Å². The van der Waals surface area contributed by atoms with Gasteiger partial charge >= 0.3 is 0 Å². The Morgan fingerprint density at radius 2 is 2.08 bits per heavy atom. The Bertz CT molecular complexity index is 673. The number of halogens is 2. The molecule has 0 spiro atoms. The van der Waals surface area contributed by atoms with Crippen LogP contribution in [0.5, 0.6) is 0 Å². The van der Waals surface area contributed by atoms with Gasteiger partial charge in [-0.1, -0.05) is 24.3 Å². The van der Waals surface area contributed by atoms with Gasteiger partial charge in [-0.25, -0.2) is 4.98 Å². The van der Waals surface area contributed by atoms with E-state index in [1.54, 1.807) is 11.3 Å². The van der Waals surface area contributed by atoms with Crippen molar-refractivity contribution in [3.63, 3.8) is 0 Å². The highest BCUT2D eigenvalue weighted by molar-refractivity contribution is 7.99. The highest BCUT2D eigenvalue weighted by Gasteiger charge is 2.16. The van der Waals surface area contributed by atoms with Crippen LogP contribution in [0.4, 0.5) is 0 Å². The van der Waals surface area contributed by atoms with Gasteiger partial charge in [-0.2, -0.15) is 11.8 Å². The molecule has 4 nitrogen and oxygen atoms in total. The van der Waals surface area contributed by atoms with Gasteiger partial charge in [0, 0.05) is 48.0 Å². The molecule has 0 saturated carbocycles. The van der Waals surface area contributed by atoms with Crippen LogP contribution in [0.1, 0.15) is 17.0 Å². The average molecular weight is 434 g/mol. The van der Waals surface area contributed by atoms with Crippen LogP contribution in [0.25, 0.3) is 11.3 Å². The highest BCUT2D eigenvalue weighted by atomic mass is 35.5. The maximum absolute atomic E-state index is 12.0. The summed E-state index contributed by atoms with van der Waals surface area (Å²) in [6.07, 6.45) is 1.43. The lowest BCUT2D eigenvalue weighted by Crippen LogP contribution is -2.41. The average Bonchev–Trinajstić information content (AvgIpc) is 3.03. The Morgan fingerprint density at radius 3 is 2.69 bits per heavy atom. The number of thioether (sulfide) groups is 1. The monoisotopic (exact) mass is 433 g/mol. The number of benzene rings is 1. The number of rotatable bonds is 6. The molecule has 26 heavy (non-hydrogen) atoms. The molecule has 0 radical (unpaired) electrons. The minimum atomic E-state index is 0. The van der Waals surface area contributed by atoms with E-state index in [1.165, 1.54) is 5.56 Å². The van der Waals surface area contributed by atoms with E-state index in [0.29, 0.717) is 19.0 Å². The molecule has 2 aromatic rings. The Morgan fingerprint density at radius 1 is 1.31 bits per heavy atom. The molecular formula is C18H25Cl2N3OS2. The number of hydrogen-bond acceptors (Lipinski definition) is 5. The first-order valence-electron chi connectivity index (χ1n) is 8.30. The topological polar surface area (TPSA) is 54.0 Å². The first-order valence-corrected chi connectivity index (χ1v) is 10.3. The van der Waals surface area contributed by atoms with Crippen molar-refractivity contribution in [2.45, 2.75) is 25.8 Å². The number of carbonyl (C=O) groups excluding carboxylic acids is 1. The van der Waals surface area contributed by atoms with Crippen LogP contribution in [-0.4, -0.2) is 41.5 Å². The van der Waals surface area contributed by atoms with E-state index in [2.05, 4.69) is 45.3 Å². The second-order valence-electron chi connectivity index (χ2n) is 5.98. The van der Waals surface area contributed by atoms with E-state index in [9.17, 15) is 4.79 Å². The summed E-state index contributed by atoms with van der Waals surface area (Å²) in [6.45, 7) is 3.72. The number of aryl methyl sites for hydroxylation is 1. The molecule has 2 N–H and O–H groups in total. The normalized spacial score (nSPS) is 16.3. The van der Waals surface area contributed by atoms with Gasteiger partial charge in [-0.05, 0) is 18.9 Å². The van der Waals surface area contributed by atoms with Crippen molar-refractivity contribution in [3.8, 4) is 11.3 Å². The third-order valence-electron chi connectivity index (χ3n) is 4.03. The Balaban J connectivity index is 0.00000169. The van der Waals surface area contributed by atoms with Crippen molar-refractivity contribution in [2.75, 3.05) is 24.6 Å². The molecule has 1 aromatic heterocycles. The molecule has 3 rings (SSSR count). The number of nitrogens with one attached hydrogen (secondary N) is 2. The Kier molecular flexibility index (Phi) is 10.6. The smallest absolute Gasteiger partial charge is 0.221 e. The van der Waals surface area contributed by atoms with Crippen molar-refractivity contribution in [1.29, 1.82) is 0 Å². The quantitative estimate of drug-likeness (QED) is 0.728. The van der Waals surface area contributed by atoms with Gasteiger partial charge in [-0.15, -0.1) is 36.2 Å². The summed E-state index contributed by atoms with van der Waals surface area (Å²) in [5.74, 6) is 2.32. The first kappa shape index (κ1) is 23.2. The van der Waals surface area contributed by atoms with Gasteiger partial charge in [0.2, 0.25) is 5.91 Å². The fourth-order valence-electron chi connectivity index (χ4n) is 2.73. The predicted molar refractivity (Wildman–Crippen MR) is 117 cm³/mol. The molecule has 1 aliphatic rings. The summed E-state index contributed by atoms with van der Waals surface area (Å²) < 4.78 is 0.